The predicted molar refractivity (Wildman–Crippen MR) is 70.9 cm³/mol. The zero-order valence-corrected chi connectivity index (χ0v) is 12.0. The number of hydrogen-bond acceptors (Lipinski definition) is 4. The number of carboxylic acid groups (broad SMARTS) is 1. The minimum atomic E-state index is -3.82. The van der Waals surface area contributed by atoms with E-state index >= 15 is 0 Å². The molecule has 0 fully saturated rings. The highest BCUT2D eigenvalue weighted by Crippen LogP contribution is 2.13. The van der Waals surface area contributed by atoms with Crippen molar-refractivity contribution in [3.05, 3.63) is 18.0 Å². The lowest BCUT2D eigenvalue weighted by atomic mass is 10.4. The van der Waals surface area contributed by atoms with Crippen LogP contribution in [0.15, 0.2) is 17.2 Å². The van der Waals surface area contributed by atoms with E-state index in [2.05, 4.69) is 10.0 Å². The second-order valence-electron chi connectivity index (χ2n) is 4.08. The highest BCUT2D eigenvalue weighted by Gasteiger charge is 2.20. The van der Waals surface area contributed by atoms with Gasteiger partial charge in [-0.15, -0.1) is 0 Å². The van der Waals surface area contributed by atoms with Crippen LogP contribution in [0.4, 0.5) is 0 Å². The summed E-state index contributed by atoms with van der Waals surface area (Å²) in [7, 11) is -2.38. The SMILES string of the molecule is CCNC(=O)CCNS(=O)(=O)c1cc(C(=O)O)n(C)c1. The van der Waals surface area contributed by atoms with Crippen molar-refractivity contribution in [1.29, 1.82) is 0 Å². The van der Waals surface area contributed by atoms with E-state index in [4.69, 9.17) is 5.11 Å². The Kier molecular flexibility index (Phi) is 5.28. The number of nitrogens with one attached hydrogen (secondary N) is 2. The average Bonchev–Trinajstić information content (AvgIpc) is 2.72. The third kappa shape index (κ3) is 4.07. The van der Waals surface area contributed by atoms with Gasteiger partial charge in [0.1, 0.15) is 10.6 Å². The molecule has 1 aromatic rings. The van der Waals surface area contributed by atoms with Gasteiger partial charge in [0, 0.05) is 32.8 Å². The number of aromatic carboxylic acids is 1. The fraction of sp³-hybridized carbons (Fsp3) is 0.455. The van der Waals surface area contributed by atoms with Crippen LogP contribution in [0, 0.1) is 0 Å². The van der Waals surface area contributed by atoms with Crippen molar-refractivity contribution < 1.29 is 23.1 Å². The number of sulfonamides is 1. The number of carbonyl (C=O) groups excluding carboxylic acids is 1. The molecule has 1 aromatic heterocycles. The van der Waals surface area contributed by atoms with Gasteiger partial charge in [-0.1, -0.05) is 0 Å². The fourth-order valence-corrected chi connectivity index (χ4v) is 2.66. The van der Waals surface area contributed by atoms with Gasteiger partial charge in [0.25, 0.3) is 0 Å². The molecule has 0 spiro atoms. The molecule has 0 radical (unpaired) electrons. The molecule has 0 atom stereocenters. The van der Waals surface area contributed by atoms with E-state index in [-0.39, 0.29) is 29.5 Å². The van der Waals surface area contributed by atoms with Gasteiger partial charge in [0.2, 0.25) is 15.9 Å². The van der Waals surface area contributed by atoms with Gasteiger partial charge in [0.15, 0.2) is 0 Å². The van der Waals surface area contributed by atoms with E-state index in [1.165, 1.54) is 17.8 Å². The normalized spacial score (nSPS) is 11.3. The van der Waals surface area contributed by atoms with Gasteiger partial charge in [-0.2, -0.15) is 0 Å². The number of nitrogens with zero attached hydrogens (tertiary/aromatic N) is 1. The largest absolute Gasteiger partial charge is 0.477 e. The van der Waals surface area contributed by atoms with Crippen LogP contribution in [0.25, 0.3) is 0 Å². The molecule has 0 unspecified atom stereocenters. The number of carboxylic acids is 1. The highest BCUT2D eigenvalue weighted by molar-refractivity contribution is 7.89. The van der Waals surface area contributed by atoms with Crippen molar-refractivity contribution in [2.75, 3.05) is 13.1 Å². The molecule has 20 heavy (non-hydrogen) atoms. The summed E-state index contributed by atoms with van der Waals surface area (Å²) in [6, 6.07) is 1.07. The number of carbonyl (C=O) groups is 2. The highest BCUT2D eigenvalue weighted by atomic mass is 32.2. The van der Waals surface area contributed by atoms with Crippen LogP contribution in [-0.4, -0.2) is 43.1 Å². The Balaban J connectivity index is 2.72. The third-order valence-electron chi connectivity index (χ3n) is 2.53. The first-order valence-corrected chi connectivity index (χ1v) is 7.42. The molecule has 0 aliphatic carbocycles. The first-order chi connectivity index (χ1) is 9.27. The van der Waals surface area contributed by atoms with Crippen LogP contribution in [0.1, 0.15) is 23.8 Å². The summed E-state index contributed by atoms with van der Waals surface area (Å²) >= 11 is 0. The smallest absolute Gasteiger partial charge is 0.352 e. The van der Waals surface area contributed by atoms with Crippen LogP contribution in [0.5, 0.6) is 0 Å². The quantitative estimate of drug-likeness (QED) is 0.629. The van der Waals surface area contributed by atoms with Gasteiger partial charge in [-0.25, -0.2) is 17.9 Å². The standard InChI is InChI=1S/C11H17N3O5S/c1-3-12-10(15)4-5-13-20(18,19)8-6-9(11(16)17)14(2)7-8/h6-7,13H,3-5H2,1-2H3,(H,12,15)(H,16,17). The molecule has 1 amide bonds. The molecule has 9 heteroatoms. The van der Waals surface area contributed by atoms with Crippen molar-refractivity contribution in [1.82, 2.24) is 14.6 Å². The summed E-state index contributed by atoms with van der Waals surface area (Å²) in [5, 5.41) is 11.4. The summed E-state index contributed by atoms with van der Waals surface area (Å²) in [4.78, 5) is 21.9. The molecule has 1 heterocycles. The summed E-state index contributed by atoms with van der Waals surface area (Å²) in [6.45, 7) is 2.19. The Morgan fingerprint density at radius 1 is 1.40 bits per heavy atom. The number of aromatic nitrogens is 1. The van der Waals surface area contributed by atoms with E-state index in [0.717, 1.165) is 6.07 Å². The lowest BCUT2D eigenvalue weighted by Gasteiger charge is -2.04. The molecular formula is C11H17N3O5S. The predicted octanol–water partition coefficient (Wildman–Crippen LogP) is -0.472. The summed E-state index contributed by atoms with van der Waals surface area (Å²) in [5.74, 6) is -1.47. The summed E-state index contributed by atoms with van der Waals surface area (Å²) in [5.41, 5.74) is -0.130. The first-order valence-electron chi connectivity index (χ1n) is 5.94. The molecule has 0 saturated carbocycles. The topological polar surface area (TPSA) is 118 Å². The van der Waals surface area contributed by atoms with Crippen LogP contribution in [-0.2, 0) is 21.9 Å². The van der Waals surface area contributed by atoms with Crippen molar-refractivity contribution in [2.24, 2.45) is 7.05 Å². The Labute approximate surface area is 116 Å². The summed E-state index contributed by atoms with van der Waals surface area (Å²) < 4.78 is 27.3. The van der Waals surface area contributed by atoms with Gasteiger partial charge < -0.3 is 15.0 Å². The fourth-order valence-electron chi connectivity index (χ4n) is 1.56. The maximum atomic E-state index is 11.9. The van der Waals surface area contributed by atoms with Gasteiger partial charge in [-0.05, 0) is 13.0 Å². The number of amides is 1. The molecule has 0 saturated heterocycles. The Bertz CT molecular complexity index is 606. The Hall–Kier alpha value is -1.87. The molecule has 0 aliphatic heterocycles. The van der Waals surface area contributed by atoms with Crippen LogP contribution in [0.3, 0.4) is 0 Å². The third-order valence-corrected chi connectivity index (χ3v) is 3.96. The van der Waals surface area contributed by atoms with Gasteiger partial charge in [0.05, 0.1) is 0 Å². The molecule has 1 rings (SSSR count). The number of hydrogen-bond donors (Lipinski definition) is 3. The Morgan fingerprint density at radius 2 is 2.05 bits per heavy atom. The monoisotopic (exact) mass is 303 g/mol. The lowest BCUT2D eigenvalue weighted by molar-refractivity contribution is -0.120. The van der Waals surface area contributed by atoms with Crippen molar-refractivity contribution in [3.63, 3.8) is 0 Å². The van der Waals surface area contributed by atoms with Crippen LogP contribution in [0.2, 0.25) is 0 Å². The molecule has 0 bridgehead atoms. The maximum Gasteiger partial charge on any atom is 0.352 e. The van der Waals surface area contributed by atoms with Crippen molar-refractivity contribution in [2.45, 2.75) is 18.2 Å². The second kappa shape index (κ2) is 6.53. The van der Waals surface area contributed by atoms with E-state index in [9.17, 15) is 18.0 Å². The second-order valence-corrected chi connectivity index (χ2v) is 5.85. The average molecular weight is 303 g/mol. The number of rotatable bonds is 7. The zero-order valence-electron chi connectivity index (χ0n) is 11.2. The van der Waals surface area contributed by atoms with Crippen molar-refractivity contribution in [3.8, 4) is 0 Å². The molecule has 8 nitrogen and oxygen atoms in total. The van der Waals surface area contributed by atoms with Gasteiger partial charge >= 0.3 is 5.97 Å². The minimum Gasteiger partial charge on any atom is -0.477 e. The molecule has 3 N–H and O–H groups in total. The zero-order chi connectivity index (χ0) is 15.3. The molecular weight excluding hydrogens is 286 g/mol. The van der Waals surface area contributed by atoms with Crippen LogP contribution < -0.4 is 10.0 Å². The van der Waals surface area contributed by atoms with Gasteiger partial charge in [-0.3, -0.25) is 4.79 Å². The number of aryl methyl sites for hydroxylation is 1. The lowest BCUT2D eigenvalue weighted by Crippen LogP contribution is -2.30. The maximum absolute atomic E-state index is 11.9. The summed E-state index contributed by atoms with van der Waals surface area (Å²) in [6.07, 6.45) is 1.23. The van der Waals surface area contributed by atoms with E-state index < -0.39 is 16.0 Å². The molecule has 112 valence electrons. The van der Waals surface area contributed by atoms with Crippen molar-refractivity contribution >= 4 is 21.9 Å². The minimum absolute atomic E-state index is 0.0195. The molecule has 0 aromatic carbocycles. The first kappa shape index (κ1) is 16.2. The van der Waals surface area contributed by atoms with E-state index in [0.29, 0.717) is 6.54 Å². The van der Waals surface area contributed by atoms with E-state index in [1.807, 2.05) is 0 Å². The Morgan fingerprint density at radius 3 is 2.55 bits per heavy atom. The molecule has 0 aliphatic rings. The van der Waals surface area contributed by atoms with Crippen LogP contribution >= 0.6 is 0 Å². The van der Waals surface area contributed by atoms with E-state index in [1.54, 1.807) is 6.92 Å².